The lowest BCUT2D eigenvalue weighted by atomic mass is 10.1. The van der Waals surface area contributed by atoms with E-state index in [2.05, 4.69) is 21.2 Å². The molecule has 0 aromatic heterocycles. The van der Waals surface area contributed by atoms with Crippen molar-refractivity contribution in [2.45, 2.75) is 6.04 Å². The Morgan fingerprint density at radius 1 is 1.21 bits per heavy atom. The zero-order valence-corrected chi connectivity index (χ0v) is 14.9. The van der Waals surface area contributed by atoms with Crippen molar-refractivity contribution in [3.05, 3.63) is 64.4 Å². The highest BCUT2D eigenvalue weighted by Gasteiger charge is 2.35. The number of hydrogen-bond acceptors (Lipinski definition) is 3. The first-order valence-electron chi connectivity index (χ1n) is 7.26. The standard InChI is InChI=1S/C17H14BrFN2O2S/c18-12-6-7-14(13(19)8-12)20-16(22)15-9-24-10-21(15)17(23)11-4-2-1-3-5-11/h1-8,15H,9-10H2,(H,20,22). The zero-order valence-electron chi connectivity index (χ0n) is 12.5. The van der Waals surface area contributed by atoms with Crippen molar-refractivity contribution in [3.8, 4) is 0 Å². The molecule has 2 aromatic rings. The summed E-state index contributed by atoms with van der Waals surface area (Å²) in [5.41, 5.74) is 0.639. The number of thioether (sulfide) groups is 1. The van der Waals surface area contributed by atoms with E-state index in [9.17, 15) is 14.0 Å². The Morgan fingerprint density at radius 3 is 2.67 bits per heavy atom. The first-order chi connectivity index (χ1) is 11.6. The van der Waals surface area contributed by atoms with Crippen LogP contribution in [-0.2, 0) is 4.79 Å². The maximum absolute atomic E-state index is 13.9. The van der Waals surface area contributed by atoms with Gasteiger partial charge in [-0.25, -0.2) is 4.39 Å². The van der Waals surface area contributed by atoms with Crippen LogP contribution in [-0.4, -0.2) is 34.4 Å². The van der Waals surface area contributed by atoms with Crippen molar-refractivity contribution in [1.82, 2.24) is 4.90 Å². The van der Waals surface area contributed by atoms with Crippen molar-refractivity contribution in [1.29, 1.82) is 0 Å². The second kappa shape index (κ2) is 7.36. The molecular formula is C17H14BrFN2O2S. The Morgan fingerprint density at radius 2 is 1.96 bits per heavy atom. The summed E-state index contributed by atoms with van der Waals surface area (Å²) in [6.07, 6.45) is 0. The molecule has 1 fully saturated rings. The van der Waals surface area contributed by atoms with Crippen LogP contribution >= 0.6 is 27.7 Å². The first kappa shape index (κ1) is 17.0. The molecule has 1 N–H and O–H groups in total. The SMILES string of the molecule is O=C(Nc1ccc(Br)cc1F)C1CSCN1C(=O)c1ccccc1. The van der Waals surface area contributed by atoms with Gasteiger partial charge in [0.2, 0.25) is 5.91 Å². The predicted octanol–water partition coefficient (Wildman–Crippen LogP) is 3.74. The fourth-order valence-corrected chi connectivity index (χ4v) is 3.90. The van der Waals surface area contributed by atoms with Gasteiger partial charge < -0.3 is 10.2 Å². The van der Waals surface area contributed by atoms with Gasteiger partial charge in [-0.1, -0.05) is 34.1 Å². The minimum absolute atomic E-state index is 0.104. The second-order valence-corrected chi connectivity index (χ2v) is 7.19. The molecule has 1 unspecified atom stereocenters. The minimum Gasteiger partial charge on any atom is -0.322 e. The molecule has 0 bridgehead atoms. The van der Waals surface area contributed by atoms with Crippen LogP contribution in [0, 0.1) is 5.82 Å². The molecule has 4 nitrogen and oxygen atoms in total. The quantitative estimate of drug-likeness (QED) is 0.841. The van der Waals surface area contributed by atoms with Gasteiger partial charge in [0.15, 0.2) is 0 Å². The number of halogens is 2. The summed E-state index contributed by atoms with van der Waals surface area (Å²) in [7, 11) is 0. The number of benzene rings is 2. The van der Waals surface area contributed by atoms with Crippen LogP contribution in [0.15, 0.2) is 53.0 Å². The molecule has 1 aliphatic rings. The number of carbonyl (C=O) groups is 2. The lowest BCUT2D eigenvalue weighted by Crippen LogP contribution is -2.44. The van der Waals surface area contributed by atoms with Crippen LogP contribution in [0.2, 0.25) is 0 Å². The maximum atomic E-state index is 13.9. The van der Waals surface area contributed by atoms with Crippen LogP contribution in [0.5, 0.6) is 0 Å². The molecule has 2 amide bonds. The van der Waals surface area contributed by atoms with Crippen LogP contribution in [0.25, 0.3) is 0 Å². The lowest BCUT2D eigenvalue weighted by molar-refractivity contribution is -0.119. The van der Waals surface area contributed by atoms with E-state index in [0.29, 0.717) is 21.7 Å². The molecule has 2 aromatic carbocycles. The predicted molar refractivity (Wildman–Crippen MR) is 96.5 cm³/mol. The van der Waals surface area contributed by atoms with Gasteiger partial charge in [0.25, 0.3) is 5.91 Å². The summed E-state index contributed by atoms with van der Waals surface area (Å²) < 4.78 is 14.5. The lowest BCUT2D eigenvalue weighted by Gasteiger charge is -2.23. The van der Waals surface area contributed by atoms with Crippen molar-refractivity contribution >= 4 is 45.2 Å². The molecule has 24 heavy (non-hydrogen) atoms. The van der Waals surface area contributed by atoms with Gasteiger partial charge in [0.05, 0.1) is 11.6 Å². The smallest absolute Gasteiger partial charge is 0.255 e. The van der Waals surface area contributed by atoms with Gasteiger partial charge in [-0.15, -0.1) is 11.8 Å². The fraction of sp³-hybridized carbons (Fsp3) is 0.176. The Hall–Kier alpha value is -1.86. The highest BCUT2D eigenvalue weighted by Crippen LogP contribution is 2.25. The summed E-state index contributed by atoms with van der Waals surface area (Å²) >= 11 is 4.68. The minimum atomic E-state index is -0.620. The second-order valence-electron chi connectivity index (χ2n) is 5.27. The van der Waals surface area contributed by atoms with E-state index in [1.54, 1.807) is 30.3 Å². The van der Waals surface area contributed by atoms with Crippen LogP contribution in [0.1, 0.15) is 10.4 Å². The molecule has 1 aliphatic heterocycles. The highest BCUT2D eigenvalue weighted by atomic mass is 79.9. The van der Waals surface area contributed by atoms with Crippen LogP contribution < -0.4 is 5.32 Å². The monoisotopic (exact) mass is 408 g/mol. The summed E-state index contributed by atoms with van der Waals surface area (Å²) in [6, 6.07) is 12.6. The van der Waals surface area contributed by atoms with E-state index < -0.39 is 11.9 Å². The van der Waals surface area contributed by atoms with E-state index in [1.807, 2.05) is 6.07 Å². The van der Waals surface area contributed by atoms with Crippen molar-refractivity contribution < 1.29 is 14.0 Å². The Bertz CT molecular complexity index is 772. The molecule has 0 spiro atoms. The normalized spacial score (nSPS) is 16.9. The number of carbonyl (C=O) groups excluding carboxylic acids is 2. The largest absolute Gasteiger partial charge is 0.322 e. The van der Waals surface area contributed by atoms with E-state index in [1.165, 1.54) is 28.8 Å². The van der Waals surface area contributed by atoms with Crippen LogP contribution in [0.3, 0.4) is 0 Å². The van der Waals surface area contributed by atoms with Crippen molar-refractivity contribution in [3.63, 3.8) is 0 Å². The molecule has 1 atom stereocenters. The van der Waals surface area contributed by atoms with Gasteiger partial charge >= 0.3 is 0 Å². The Balaban J connectivity index is 1.75. The Kier molecular flexibility index (Phi) is 5.20. The summed E-state index contributed by atoms with van der Waals surface area (Å²) in [4.78, 5) is 26.6. The first-order valence-corrected chi connectivity index (χ1v) is 9.20. The number of nitrogens with zero attached hydrogens (tertiary/aromatic N) is 1. The summed E-state index contributed by atoms with van der Waals surface area (Å²) in [5.74, 6) is -0.177. The molecule has 3 rings (SSSR count). The number of nitrogens with one attached hydrogen (secondary N) is 1. The Labute approximate surface area is 151 Å². The molecule has 1 saturated heterocycles. The van der Waals surface area contributed by atoms with E-state index in [0.717, 1.165) is 0 Å². The van der Waals surface area contributed by atoms with E-state index >= 15 is 0 Å². The van der Waals surface area contributed by atoms with E-state index in [-0.39, 0.29) is 17.5 Å². The molecule has 0 saturated carbocycles. The average molecular weight is 409 g/mol. The summed E-state index contributed by atoms with van der Waals surface area (Å²) in [5, 5.41) is 2.57. The third-order valence-corrected chi connectivity index (χ3v) is 5.16. The summed E-state index contributed by atoms with van der Waals surface area (Å²) in [6.45, 7) is 0. The van der Waals surface area contributed by atoms with Gasteiger partial charge in [0.1, 0.15) is 11.9 Å². The fourth-order valence-electron chi connectivity index (χ4n) is 2.41. The van der Waals surface area contributed by atoms with Crippen molar-refractivity contribution in [2.75, 3.05) is 16.9 Å². The molecule has 1 heterocycles. The topological polar surface area (TPSA) is 49.4 Å². The molecular weight excluding hydrogens is 395 g/mol. The van der Waals surface area contributed by atoms with Gasteiger partial charge in [0, 0.05) is 15.8 Å². The van der Waals surface area contributed by atoms with Gasteiger partial charge in [-0.3, -0.25) is 9.59 Å². The molecule has 0 radical (unpaired) electrons. The number of hydrogen-bond donors (Lipinski definition) is 1. The third-order valence-electron chi connectivity index (χ3n) is 3.66. The van der Waals surface area contributed by atoms with Crippen LogP contribution in [0.4, 0.5) is 10.1 Å². The molecule has 0 aliphatic carbocycles. The zero-order chi connectivity index (χ0) is 17.1. The molecule has 7 heteroatoms. The van der Waals surface area contributed by atoms with Gasteiger partial charge in [-0.05, 0) is 30.3 Å². The number of anilines is 1. The maximum Gasteiger partial charge on any atom is 0.255 e. The van der Waals surface area contributed by atoms with Crippen molar-refractivity contribution in [2.24, 2.45) is 0 Å². The third kappa shape index (κ3) is 3.62. The van der Waals surface area contributed by atoms with Gasteiger partial charge in [-0.2, -0.15) is 0 Å². The number of rotatable bonds is 3. The number of amides is 2. The average Bonchev–Trinajstić information content (AvgIpc) is 3.07. The highest BCUT2D eigenvalue weighted by molar-refractivity contribution is 9.10. The molecule has 124 valence electrons. The van der Waals surface area contributed by atoms with E-state index in [4.69, 9.17) is 0 Å².